The summed E-state index contributed by atoms with van der Waals surface area (Å²) in [6.45, 7) is 68.7. The second-order valence-corrected chi connectivity index (χ2v) is 70.0. The van der Waals surface area contributed by atoms with E-state index in [1.807, 2.05) is 6.08 Å². The summed E-state index contributed by atoms with van der Waals surface area (Å²) in [6.07, 6.45) is 13.1. The van der Waals surface area contributed by atoms with Gasteiger partial charge in [0.05, 0.1) is 13.2 Å². The van der Waals surface area contributed by atoms with E-state index in [-0.39, 0.29) is 0 Å². The molecule has 0 bridgehead atoms. The number of allylic oxidation sites excluding steroid dienone is 1. The molecule has 0 N–H and O–H groups in total. The molecule has 2 aliphatic rings. The van der Waals surface area contributed by atoms with Crippen molar-refractivity contribution in [3.63, 3.8) is 0 Å². The van der Waals surface area contributed by atoms with Gasteiger partial charge in [-0.2, -0.15) is 0 Å². The van der Waals surface area contributed by atoms with E-state index in [1.165, 1.54) is 67.8 Å². The van der Waals surface area contributed by atoms with Crippen LogP contribution >= 0.6 is 0 Å². The molecule has 0 saturated carbocycles. The van der Waals surface area contributed by atoms with Crippen molar-refractivity contribution >= 4 is 66.4 Å². The summed E-state index contributed by atoms with van der Waals surface area (Å²) in [7, 11) is -6.33. The van der Waals surface area contributed by atoms with Gasteiger partial charge in [0, 0.05) is 39.4 Å². The second kappa shape index (κ2) is 34.0. The van der Waals surface area contributed by atoms with Crippen LogP contribution in [-0.4, -0.2) is 69.3 Å². The quantitative estimate of drug-likeness (QED) is 0.134. The van der Waals surface area contributed by atoms with Crippen molar-refractivity contribution in [3.8, 4) is 0 Å². The number of hydrogen-bond donors (Lipinski definition) is 0. The molecule has 4 rings (SSSR count). The third-order valence-corrected chi connectivity index (χ3v) is 41.4. The molecule has 0 aliphatic carbocycles. The summed E-state index contributed by atoms with van der Waals surface area (Å²) >= 11 is 0. The van der Waals surface area contributed by atoms with Crippen molar-refractivity contribution in [2.75, 3.05) is 13.2 Å². The Morgan fingerprint density at radius 1 is 0.538 bits per heavy atom. The molecule has 0 atom stereocenters. The Balaban J connectivity index is -0.000000338. The van der Waals surface area contributed by atoms with Gasteiger partial charge >= 0.3 is 8.56 Å². The summed E-state index contributed by atoms with van der Waals surface area (Å²) < 4.78 is 10.5. The molecule has 2 fully saturated rings. The Morgan fingerprint density at radius 3 is 1.05 bits per heavy atom. The van der Waals surface area contributed by atoms with E-state index in [1.54, 1.807) is 12.1 Å². The first-order valence-corrected chi connectivity index (χ1v) is 51.0. The molecular formula is C56H120O2Si7. The molecule has 0 spiro atoms. The zero-order valence-corrected chi connectivity index (χ0v) is 56.6. The predicted molar refractivity (Wildman–Crippen MR) is 328 cm³/mol. The zero-order chi connectivity index (χ0) is 52.0. The van der Waals surface area contributed by atoms with Crippen LogP contribution in [0.15, 0.2) is 73.3 Å². The van der Waals surface area contributed by atoms with Crippen LogP contribution in [0.5, 0.6) is 0 Å². The van der Waals surface area contributed by atoms with Crippen LogP contribution in [-0.2, 0) is 8.85 Å². The van der Waals surface area contributed by atoms with Crippen LogP contribution in [0.4, 0.5) is 0 Å². The van der Waals surface area contributed by atoms with Gasteiger partial charge in [-0.05, 0) is 36.8 Å². The Bertz CT molecular complexity index is 1270. The van der Waals surface area contributed by atoms with E-state index < -0.39 is 56.0 Å². The summed E-state index contributed by atoms with van der Waals surface area (Å²) in [5.41, 5.74) is 0.875. The van der Waals surface area contributed by atoms with Crippen molar-refractivity contribution in [3.05, 3.63) is 73.3 Å². The molecule has 2 heterocycles. The van der Waals surface area contributed by atoms with E-state index >= 15 is 0 Å². The smallest absolute Gasteiger partial charge is 0.331 e. The molecule has 0 amide bonds. The fourth-order valence-corrected chi connectivity index (χ4v) is 12.5. The monoisotopic (exact) mass is 1020 g/mol. The van der Waals surface area contributed by atoms with Crippen LogP contribution in [0.3, 0.4) is 0 Å². The topological polar surface area (TPSA) is 18.5 Å². The molecule has 0 unspecified atom stereocenters. The molecule has 65 heavy (non-hydrogen) atoms. The Kier molecular flexibility index (Phi) is 37.3. The standard InChI is InChI=1S/C14H16Si.C10H22Si.C8H18.C6H18Si2.C6H14Si.C4H10O2Si.C4H12Si.C4H10/c1-15(2,13-9-5-3-6-10-13)14-11-7-4-8-12-14;1-5-6-7-8-9-10-11(2,3)4;2*1-7(2,3)8(4,5)6;2*1-7(2)5-3-4-6-7;1-5(2,3)4;1-3-4-2/h3-12H,1-2H3;5H,1,6-10H2,2-4H3;2*1-6H3;3-6H2,1-2H3;3-4H2,1-2H3;1-4H3;3-4H2,1-2H3. The normalized spacial score (nSPS) is 15.6. The van der Waals surface area contributed by atoms with Crippen molar-refractivity contribution in [2.45, 2.75) is 249 Å². The Labute approximate surface area is 419 Å². The highest BCUT2D eigenvalue weighted by atomic mass is 29.3. The SMILES string of the molecule is C=CCCCCC[Si](C)(C)C.CC(C)(C)C(C)(C)C.CCCC.C[Si](C)(C)C.C[Si](C)(C)[Si](C)(C)C.C[Si](C)(c1ccccc1)c1ccccc1.C[Si]1(C)CCCC1.C[Si]1(C)OCCO1. The number of benzene rings is 2. The third-order valence-electron chi connectivity index (χ3n) is 12.8. The number of unbranched alkanes of at least 4 members (excludes halogenated alkanes) is 4. The lowest BCUT2D eigenvalue weighted by Gasteiger charge is -2.34. The molecule has 2 aromatic rings. The lowest BCUT2D eigenvalue weighted by Crippen LogP contribution is -2.52. The molecule has 9 heteroatoms. The summed E-state index contributed by atoms with van der Waals surface area (Å²) in [5.74, 6) is 0. The van der Waals surface area contributed by atoms with Gasteiger partial charge in [-0.3, -0.25) is 0 Å². The third kappa shape index (κ3) is 45.8. The maximum Gasteiger partial charge on any atom is 0.331 e. The van der Waals surface area contributed by atoms with Gasteiger partial charge in [0.1, 0.15) is 8.07 Å². The van der Waals surface area contributed by atoms with Gasteiger partial charge in [0.15, 0.2) is 0 Å². The van der Waals surface area contributed by atoms with Gasteiger partial charge in [-0.25, -0.2) is 0 Å². The molecule has 0 aromatic heterocycles. The van der Waals surface area contributed by atoms with Gasteiger partial charge < -0.3 is 8.85 Å². The highest BCUT2D eigenvalue weighted by Crippen LogP contribution is 2.36. The maximum absolute atomic E-state index is 5.26. The summed E-state index contributed by atoms with van der Waals surface area (Å²) in [6, 6.07) is 26.4. The van der Waals surface area contributed by atoms with E-state index in [4.69, 9.17) is 8.85 Å². The molecule has 2 saturated heterocycles. The zero-order valence-electron chi connectivity index (χ0n) is 49.6. The Hall–Kier alpha value is -0.382. The van der Waals surface area contributed by atoms with Crippen LogP contribution in [0.25, 0.3) is 0 Å². The average molecular weight is 1020 g/mol. The second-order valence-electron chi connectivity index (χ2n) is 27.3. The highest BCUT2D eigenvalue weighted by molar-refractivity contribution is 7.39. The minimum absolute atomic E-state index is 0.437. The van der Waals surface area contributed by atoms with Crippen molar-refractivity contribution in [2.24, 2.45) is 10.8 Å². The van der Waals surface area contributed by atoms with Gasteiger partial charge in [0.2, 0.25) is 0 Å². The van der Waals surface area contributed by atoms with Gasteiger partial charge in [0.25, 0.3) is 0 Å². The van der Waals surface area contributed by atoms with Crippen molar-refractivity contribution in [1.82, 2.24) is 0 Å². The largest absolute Gasteiger partial charge is 0.392 e. The van der Waals surface area contributed by atoms with Crippen LogP contribution < -0.4 is 10.4 Å². The minimum atomic E-state index is -1.54. The van der Waals surface area contributed by atoms with Crippen LogP contribution in [0, 0.1) is 10.8 Å². The predicted octanol–water partition coefficient (Wildman–Crippen LogP) is 19.4. The van der Waals surface area contributed by atoms with Gasteiger partial charge in [-0.1, -0.05) is 300 Å². The maximum atomic E-state index is 5.26. The highest BCUT2D eigenvalue weighted by Gasteiger charge is 2.31. The number of rotatable bonds is 10. The molecule has 2 aliphatic heterocycles. The van der Waals surface area contributed by atoms with Crippen LogP contribution in [0.1, 0.15) is 107 Å². The summed E-state index contributed by atoms with van der Waals surface area (Å²) in [5, 5.41) is 2.99. The van der Waals surface area contributed by atoms with E-state index in [0.29, 0.717) is 10.8 Å². The van der Waals surface area contributed by atoms with E-state index in [0.717, 1.165) is 13.2 Å². The first kappa shape index (κ1) is 71.2. The molecule has 2 aromatic carbocycles. The first-order valence-electron chi connectivity index (χ1n) is 26.1. The van der Waals surface area contributed by atoms with E-state index in [9.17, 15) is 0 Å². The molecule has 0 radical (unpaired) electrons. The lowest BCUT2D eigenvalue weighted by molar-refractivity contribution is 0.157. The first-order chi connectivity index (χ1) is 29.1. The fraction of sp³-hybridized carbons (Fsp3) is 0.750. The minimum Gasteiger partial charge on any atom is -0.392 e. The molecule has 2 nitrogen and oxygen atoms in total. The van der Waals surface area contributed by atoms with Crippen molar-refractivity contribution < 1.29 is 8.85 Å². The Morgan fingerprint density at radius 2 is 0.862 bits per heavy atom. The molecular weight excluding hydrogens is 901 g/mol. The molecule has 384 valence electrons. The van der Waals surface area contributed by atoms with E-state index in [2.05, 4.69) is 247 Å². The van der Waals surface area contributed by atoms with Gasteiger partial charge in [-0.15, -0.1) is 6.58 Å². The fourth-order valence-electron chi connectivity index (χ4n) is 4.95. The van der Waals surface area contributed by atoms with Crippen LogP contribution in [0.2, 0.25) is 143 Å². The van der Waals surface area contributed by atoms with Crippen molar-refractivity contribution in [1.29, 1.82) is 0 Å². The lowest BCUT2D eigenvalue weighted by atomic mass is 9.71. The number of hydrogen-bond acceptors (Lipinski definition) is 2. The summed E-state index contributed by atoms with van der Waals surface area (Å²) in [4.78, 5) is 0. The average Bonchev–Trinajstić information content (AvgIpc) is 3.76.